The molecule has 0 unspecified atom stereocenters. The molecule has 1 fully saturated rings. The zero-order chi connectivity index (χ0) is 15.3. The first-order valence-corrected chi connectivity index (χ1v) is 7.13. The molecule has 21 heavy (non-hydrogen) atoms. The fourth-order valence-corrected chi connectivity index (χ4v) is 2.61. The van der Waals surface area contributed by atoms with Gasteiger partial charge in [-0.05, 0) is 50.0 Å². The zero-order valence-corrected chi connectivity index (χ0v) is 12.8. The van der Waals surface area contributed by atoms with Gasteiger partial charge in [-0.1, -0.05) is 30.3 Å². The van der Waals surface area contributed by atoms with E-state index in [0.717, 1.165) is 16.2 Å². The monoisotopic (exact) mass is 279 g/mol. The summed E-state index contributed by atoms with van der Waals surface area (Å²) in [5.41, 5.74) is 0.911. The first-order valence-electron chi connectivity index (χ1n) is 7.13. The van der Waals surface area contributed by atoms with Gasteiger partial charge in [0.2, 0.25) is 0 Å². The second-order valence-electron chi connectivity index (χ2n) is 6.45. The SMILES string of the molecule is CC1(C)OB(c2cccc3c(C#N)cccc23)OC1(C)C. The molecular formula is C17H18BNO2. The summed E-state index contributed by atoms with van der Waals surface area (Å²) in [6.45, 7) is 8.16. The van der Waals surface area contributed by atoms with Crippen molar-refractivity contribution in [3.05, 3.63) is 42.0 Å². The molecule has 3 nitrogen and oxygen atoms in total. The predicted molar refractivity (Wildman–Crippen MR) is 84.4 cm³/mol. The van der Waals surface area contributed by atoms with Crippen molar-refractivity contribution < 1.29 is 9.31 Å². The lowest BCUT2D eigenvalue weighted by Crippen LogP contribution is -2.41. The van der Waals surface area contributed by atoms with E-state index in [9.17, 15) is 5.26 Å². The van der Waals surface area contributed by atoms with Crippen LogP contribution in [0.4, 0.5) is 0 Å². The van der Waals surface area contributed by atoms with Crippen molar-refractivity contribution in [3.8, 4) is 6.07 Å². The molecule has 0 N–H and O–H groups in total. The molecule has 106 valence electrons. The molecule has 4 heteroatoms. The van der Waals surface area contributed by atoms with Crippen LogP contribution < -0.4 is 5.46 Å². The Balaban J connectivity index is 2.14. The maximum absolute atomic E-state index is 9.25. The van der Waals surface area contributed by atoms with E-state index in [1.54, 1.807) is 0 Å². The number of nitrogens with zero attached hydrogens (tertiary/aromatic N) is 1. The fraction of sp³-hybridized carbons (Fsp3) is 0.353. The second-order valence-corrected chi connectivity index (χ2v) is 6.45. The Morgan fingerprint density at radius 2 is 1.48 bits per heavy atom. The van der Waals surface area contributed by atoms with E-state index in [0.29, 0.717) is 5.56 Å². The minimum atomic E-state index is -0.410. The molecule has 1 aliphatic heterocycles. The second kappa shape index (κ2) is 4.59. The third kappa shape index (κ3) is 2.14. The maximum Gasteiger partial charge on any atom is 0.495 e. The largest absolute Gasteiger partial charge is 0.495 e. The third-order valence-electron chi connectivity index (χ3n) is 4.58. The molecule has 2 aromatic rings. The van der Waals surface area contributed by atoms with Crippen LogP contribution in [0.5, 0.6) is 0 Å². The van der Waals surface area contributed by atoms with E-state index in [1.165, 1.54) is 0 Å². The average molecular weight is 279 g/mol. The lowest BCUT2D eigenvalue weighted by Gasteiger charge is -2.32. The van der Waals surface area contributed by atoms with E-state index in [-0.39, 0.29) is 11.2 Å². The molecule has 1 aliphatic rings. The Bertz CT molecular complexity index is 730. The lowest BCUT2D eigenvalue weighted by molar-refractivity contribution is 0.00578. The van der Waals surface area contributed by atoms with E-state index >= 15 is 0 Å². The highest BCUT2D eigenvalue weighted by Gasteiger charge is 2.52. The topological polar surface area (TPSA) is 42.2 Å². The van der Waals surface area contributed by atoms with Crippen LogP contribution in [-0.4, -0.2) is 18.3 Å². The standard InChI is InChI=1S/C17H18BNO2/c1-16(2)17(3,4)21-18(20-16)15-10-6-8-13-12(11-19)7-5-9-14(13)15/h5-10H,1-4H3. The first-order chi connectivity index (χ1) is 9.86. The van der Waals surface area contributed by atoms with E-state index in [2.05, 4.69) is 6.07 Å². The van der Waals surface area contributed by atoms with Crippen molar-refractivity contribution in [1.82, 2.24) is 0 Å². The summed E-state index contributed by atoms with van der Waals surface area (Å²) in [7, 11) is -0.410. The smallest absolute Gasteiger partial charge is 0.399 e. The Hall–Kier alpha value is -1.83. The number of fused-ring (bicyclic) bond motifs is 1. The third-order valence-corrected chi connectivity index (χ3v) is 4.58. The van der Waals surface area contributed by atoms with Crippen LogP contribution in [0, 0.1) is 11.3 Å². The van der Waals surface area contributed by atoms with Crippen LogP contribution in [0.25, 0.3) is 10.8 Å². The lowest BCUT2D eigenvalue weighted by atomic mass is 9.76. The number of nitriles is 1. The summed E-state index contributed by atoms with van der Waals surface area (Å²) in [6.07, 6.45) is 0. The van der Waals surface area contributed by atoms with E-state index in [4.69, 9.17) is 9.31 Å². The Labute approximate surface area is 125 Å². The van der Waals surface area contributed by atoms with Gasteiger partial charge in [0.1, 0.15) is 0 Å². The fourth-order valence-electron chi connectivity index (χ4n) is 2.61. The summed E-state index contributed by atoms with van der Waals surface area (Å²) in [5.74, 6) is 0. The molecule has 0 saturated carbocycles. The summed E-state index contributed by atoms with van der Waals surface area (Å²) >= 11 is 0. The number of hydrogen-bond donors (Lipinski definition) is 0. The van der Waals surface area contributed by atoms with Crippen LogP contribution in [0.1, 0.15) is 33.3 Å². The molecule has 1 saturated heterocycles. The molecule has 0 amide bonds. The molecule has 0 spiro atoms. The quantitative estimate of drug-likeness (QED) is 0.753. The van der Waals surface area contributed by atoms with E-state index < -0.39 is 7.12 Å². The number of hydrogen-bond acceptors (Lipinski definition) is 3. The highest BCUT2D eigenvalue weighted by atomic mass is 16.7. The summed E-state index contributed by atoms with van der Waals surface area (Å²) in [4.78, 5) is 0. The molecule has 0 bridgehead atoms. The highest BCUT2D eigenvalue weighted by Crippen LogP contribution is 2.37. The molecule has 0 atom stereocenters. The van der Waals surface area contributed by atoms with Gasteiger partial charge in [0, 0.05) is 0 Å². The van der Waals surface area contributed by atoms with Crippen LogP contribution in [0.2, 0.25) is 0 Å². The van der Waals surface area contributed by atoms with Crippen LogP contribution >= 0.6 is 0 Å². The van der Waals surface area contributed by atoms with Crippen molar-refractivity contribution in [1.29, 1.82) is 5.26 Å². The summed E-state index contributed by atoms with van der Waals surface area (Å²) in [6, 6.07) is 13.9. The Morgan fingerprint density at radius 3 is 2.10 bits per heavy atom. The molecule has 0 aromatic heterocycles. The predicted octanol–water partition coefficient (Wildman–Crippen LogP) is 3.01. The van der Waals surface area contributed by atoms with Gasteiger partial charge < -0.3 is 9.31 Å². The molecule has 2 aromatic carbocycles. The first kappa shape index (κ1) is 14.1. The van der Waals surface area contributed by atoms with Gasteiger partial charge in [0.05, 0.1) is 22.8 Å². The van der Waals surface area contributed by atoms with E-state index in [1.807, 2.05) is 64.1 Å². The number of benzene rings is 2. The van der Waals surface area contributed by atoms with Gasteiger partial charge in [-0.25, -0.2) is 0 Å². The van der Waals surface area contributed by atoms with Gasteiger partial charge in [-0.15, -0.1) is 0 Å². The van der Waals surface area contributed by atoms with Gasteiger partial charge in [-0.2, -0.15) is 5.26 Å². The zero-order valence-electron chi connectivity index (χ0n) is 12.8. The normalized spacial score (nSPS) is 19.7. The van der Waals surface area contributed by atoms with Crippen LogP contribution in [-0.2, 0) is 9.31 Å². The molecule has 0 radical (unpaired) electrons. The van der Waals surface area contributed by atoms with Crippen LogP contribution in [0.15, 0.2) is 36.4 Å². The van der Waals surface area contributed by atoms with Crippen molar-refractivity contribution >= 4 is 23.4 Å². The van der Waals surface area contributed by atoms with Gasteiger partial charge in [-0.3, -0.25) is 0 Å². The summed E-state index contributed by atoms with van der Waals surface area (Å²) < 4.78 is 12.3. The minimum Gasteiger partial charge on any atom is -0.399 e. The minimum absolute atomic E-state index is 0.368. The van der Waals surface area contributed by atoms with Crippen molar-refractivity contribution in [2.24, 2.45) is 0 Å². The highest BCUT2D eigenvalue weighted by molar-refractivity contribution is 6.65. The van der Waals surface area contributed by atoms with Crippen molar-refractivity contribution in [3.63, 3.8) is 0 Å². The Kier molecular flexibility index (Phi) is 3.09. The molecule has 1 heterocycles. The number of rotatable bonds is 1. The molecule has 0 aliphatic carbocycles. The van der Waals surface area contributed by atoms with Gasteiger partial charge in [0.15, 0.2) is 0 Å². The van der Waals surface area contributed by atoms with Crippen molar-refractivity contribution in [2.75, 3.05) is 0 Å². The molecular weight excluding hydrogens is 261 g/mol. The van der Waals surface area contributed by atoms with Crippen LogP contribution in [0.3, 0.4) is 0 Å². The Morgan fingerprint density at radius 1 is 0.905 bits per heavy atom. The van der Waals surface area contributed by atoms with Gasteiger partial charge in [0.25, 0.3) is 0 Å². The molecule has 3 rings (SSSR count). The average Bonchev–Trinajstić information content (AvgIpc) is 2.66. The maximum atomic E-state index is 9.25. The van der Waals surface area contributed by atoms with Crippen molar-refractivity contribution in [2.45, 2.75) is 38.9 Å². The summed E-state index contributed by atoms with van der Waals surface area (Å²) in [5, 5.41) is 11.2. The van der Waals surface area contributed by atoms with Gasteiger partial charge >= 0.3 is 7.12 Å².